The number of carbonyl (C=O) groups is 2. The van der Waals surface area contributed by atoms with Crippen LogP contribution in [0.5, 0.6) is 0 Å². The molecule has 0 amide bonds. The average molecular weight is 639 g/mol. The van der Waals surface area contributed by atoms with Crippen LogP contribution in [-0.4, -0.2) is 32.1 Å². The first kappa shape index (κ1) is 34.6. The van der Waals surface area contributed by atoms with E-state index >= 15 is 0 Å². The van der Waals surface area contributed by atoms with Gasteiger partial charge < -0.3 is 20.8 Å². The summed E-state index contributed by atoms with van der Waals surface area (Å²) in [7, 11) is 0. The number of nitrogens with one attached hydrogen (secondary N) is 2. The number of aromatic nitrogens is 2. The minimum Gasteiger partial charge on any atom is -0.478 e. The van der Waals surface area contributed by atoms with Gasteiger partial charge in [-0.15, -0.1) is 0 Å². The summed E-state index contributed by atoms with van der Waals surface area (Å²) in [4.78, 5) is 30.2. The van der Waals surface area contributed by atoms with E-state index in [1.165, 1.54) is 22.3 Å². The second-order valence-electron chi connectivity index (χ2n) is 10.9. The lowest BCUT2D eigenvalue weighted by Gasteiger charge is -2.13. The third-order valence-corrected chi connectivity index (χ3v) is 7.76. The van der Waals surface area contributed by atoms with E-state index in [9.17, 15) is 9.59 Å². The topological polar surface area (TPSA) is 124 Å². The largest absolute Gasteiger partial charge is 0.478 e. The molecule has 0 unspecified atom stereocenters. The van der Waals surface area contributed by atoms with Crippen molar-refractivity contribution in [3.63, 3.8) is 0 Å². The number of nitrogens with zero attached hydrogens (tertiary/aromatic N) is 2. The standard InChI is InChI=1S/2C15H15NO2.C10H8N2/c2*1-10-6-5-9-13(11(10)2)16-14-8-4-3-7-12(14)15(17)18;1-5-11-6-2-9(1)10-3-7-12-8-4-10/h2*3-9,16H,1-2H3,(H,17,18);1-8H. The fraction of sp³-hybridized carbons (Fsp3) is 0.100. The molecule has 0 saturated heterocycles. The number of benzene rings is 4. The SMILES string of the molecule is Cc1cccc(Nc2ccccc2C(=O)O)c1C.Cc1cccc(Nc2ccccc2C(=O)O)c1C.c1cc(-c2ccncc2)ccn1. The quantitative estimate of drug-likeness (QED) is 0.136. The number of aryl methyl sites for hydroxylation is 2. The van der Waals surface area contributed by atoms with E-state index < -0.39 is 11.9 Å². The molecule has 0 bridgehead atoms. The Hall–Kier alpha value is -6.28. The van der Waals surface area contributed by atoms with Crippen molar-refractivity contribution < 1.29 is 19.8 Å². The Morgan fingerprint density at radius 1 is 0.458 bits per heavy atom. The van der Waals surface area contributed by atoms with Gasteiger partial charge in [0, 0.05) is 36.2 Å². The van der Waals surface area contributed by atoms with Crippen molar-refractivity contribution in [2.24, 2.45) is 0 Å². The first-order chi connectivity index (χ1) is 23.2. The number of aromatic carboxylic acids is 2. The highest BCUT2D eigenvalue weighted by Gasteiger charge is 2.11. The Labute approximate surface area is 280 Å². The zero-order valence-corrected chi connectivity index (χ0v) is 27.3. The molecule has 2 heterocycles. The van der Waals surface area contributed by atoms with Crippen molar-refractivity contribution in [2.45, 2.75) is 27.7 Å². The molecule has 0 spiro atoms. The normalized spacial score (nSPS) is 10.0. The lowest BCUT2D eigenvalue weighted by molar-refractivity contribution is 0.0687. The van der Waals surface area contributed by atoms with Crippen molar-refractivity contribution in [1.29, 1.82) is 0 Å². The summed E-state index contributed by atoms with van der Waals surface area (Å²) in [5.74, 6) is -1.85. The highest BCUT2D eigenvalue weighted by molar-refractivity contribution is 5.96. The lowest BCUT2D eigenvalue weighted by Crippen LogP contribution is -2.03. The number of carboxylic acids is 2. The molecule has 8 heteroatoms. The molecular formula is C40H38N4O4. The monoisotopic (exact) mass is 638 g/mol. The van der Waals surface area contributed by atoms with Crippen LogP contribution in [0, 0.1) is 27.7 Å². The van der Waals surface area contributed by atoms with Crippen molar-refractivity contribution in [1.82, 2.24) is 9.97 Å². The van der Waals surface area contributed by atoms with Gasteiger partial charge in [0.25, 0.3) is 0 Å². The van der Waals surface area contributed by atoms with Gasteiger partial charge in [-0.25, -0.2) is 9.59 Å². The number of carboxylic acid groups (broad SMARTS) is 2. The molecule has 0 aliphatic heterocycles. The van der Waals surface area contributed by atoms with E-state index in [4.69, 9.17) is 10.2 Å². The van der Waals surface area contributed by atoms with Crippen LogP contribution in [0.1, 0.15) is 43.0 Å². The molecule has 0 radical (unpaired) electrons. The summed E-state index contributed by atoms with van der Waals surface area (Å²) in [5, 5.41) is 24.6. The molecule has 0 aliphatic carbocycles. The summed E-state index contributed by atoms with van der Waals surface area (Å²) in [6.07, 6.45) is 7.15. The van der Waals surface area contributed by atoms with E-state index in [2.05, 4.69) is 20.6 Å². The van der Waals surface area contributed by atoms with Crippen LogP contribution < -0.4 is 10.6 Å². The Kier molecular flexibility index (Phi) is 12.2. The van der Waals surface area contributed by atoms with Gasteiger partial charge >= 0.3 is 11.9 Å². The fourth-order valence-corrected chi connectivity index (χ4v) is 4.71. The zero-order chi connectivity index (χ0) is 34.5. The van der Waals surface area contributed by atoms with E-state index in [1.807, 2.05) is 100 Å². The van der Waals surface area contributed by atoms with Gasteiger partial charge in [-0.05, 0) is 122 Å². The van der Waals surface area contributed by atoms with Gasteiger partial charge in [0.15, 0.2) is 0 Å². The summed E-state index contributed by atoms with van der Waals surface area (Å²) in [6.45, 7) is 8.09. The maximum atomic E-state index is 11.1. The molecule has 6 rings (SSSR count). The highest BCUT2D eigenvalue weighted by Crippen LogP contribution is 2.26. The lowest BCUT2D eigenvalue weighted by atomic mass is 10.1. The Morgan fingerprint density at radius 3 is 1.15 bits per heavy atom. The van der Waals surface area contributed by atoms with Gasteiger partial charge in [0.2, 0.25) is 0 Å². The van der Waals surface area contributed by atoms with Gasteiger partial charge in [0.05, 0.1) is 22.5 Å². The Morgan fingerprint density at radius 2 is 0.792 bits per heavy atom. The molecular weight excluding hydrogens is 600 g/mol. The second kappa shape index (κ2) is 16.9. The van der Waals surface area contributed by atoms with Crippen molar-refractivity contribution in [3.05, 3.63) is 167 Å². The fourth-order valence-electron chi connectivity index (χ4n) is 4.71. The molecule has 4 aromatic carbocycles. The van der Waals surface area contributed by atoms with Crippen molar-refractivity contribution >= 4 is 34.7 Å². The molecule has 48 heavy (non-hydrogen) atoms. The van der Waals surface area contributed by atoms with E-state index in [0.717, 1.165) is 22.5 Å². The zero-order valence-electron chi connectivity index (χ0n) is 27.3. The second-order valence-corrected chi connectivity index (χ2v) is 10.9. The van der Waals surface area contributed by atoms with Crippen LogP contribution >= 0.6 is 0 Å². The Balaban J connectivity index is 0.000000166. The molecule has 6 aromatic rings. The summed E-state index contributed by atoms with van der Waals surface area (Å²) >= 11 is 0. The molecule has 0 atom stereocenters. The highest BCUT2D eigenvalue weighted by atomic mass is 16.4. The van der Waals surface area contributed by atoms with Crippen LogP contribution in [0.25, 0.3) is 11.1 Å². The molecule has 0 aliphatic rings. The van der Waals surface area contributed by atoms with E-state index in [-0.39, 0.29) is 11.1 Å². The number of hydrogen-bond donors (Lipinski definition) is 4. The minimum absolute atomic E-state index is 0.276. The number of anilines is 4. The molecule has 242 valence electrons. The van der Waals surface area contributed by atoms with E-state index in [1.54, 1.807) is 61.2 Å². The maximum absolute atomic E-state index is 11.1. The third kappa shape index (κ3) is 9.37. The van der Waals surface area contributed by atoms with Gasteiger partial charge in [-0.1, -0.05) is 48.5 Å². The van der Waals surface area contributed by atoms with Crippen molar-refractivity contribution in [3.8, 4) is 11.1 Å². The number of para-hydroxylation sites is 2. The Bertz CT molecular complexity index is 1840. The summed E-state index contributed by atoms with van der Waals surface area (Å²) < 4.78 is 0. The number of rotatable bonds is 7. The van der Waals surface area contributed by atoms with Crippen LogP contribution in [0.3, 0.4) is 0 Å². The van der Waals surface area contributed by atoms with E-state index in [0.29, 0.717) is 11.4 Å². The number of hydrogen-bond acceptors (Lipinski definition) is 6. The molecule has 0 saturated carbocycles. The van der Waals surface area contributed by atoms with Crippen molar-refractivity contribution in [2.75, 3.05) is 10.6 Å². The predicted octanol–water partition coefficient (Wildman–Crippen LogP) is 9.63. The van der Waals surface area contributed by atoms with Crippen LogP contribution in [0.2, 0.25) is 0 Å². The molecule has 0 fully saturated rings. The van der Waals surface area contributed by atoms with Crippen LogP contribution in [0.15, 0.2) is 134 Å². The minimum atomic E-state index is -0.927. The smallest absolute Gasteiger partial charge is 0.337 e. The third-order valence-electron chi connectivity index (χ3n) is 7.76. The first-order valence-corrected chi connectivity index (χ1v) is 15.3. The number of pyridine rings is 2. The van der Waals surface area contributed by atoms with Gasteiger partial charge in [-0.3, -0.25) is 9.97 Å². The summed E-state index contributed by atoms with van der Waals surface area (Å²) in [5.41, 5.74) is 10.6. The molecule has 4 N–H and O–H groups in total. The average Bonchev–Trinajstić information content (AvgIpc) is 3.10. The van der Waals surface area contributed by atoms with Gasteiger partial charge in [0.1, 0.15) is 0 Å². The van der Waals surface area contributed by atoms with Crippen LogP contribution in [-0.2, 0) is 0 Å². The maximum Gasteiger partial charge on any atom is 0.337 e. The van der Waals surface area contributed by atoms with Gasteiger partial charge in [-0.2, -0.15) is 0 Å². The summed E-state index contributed by atoms with van der Waals surface area (Å²) in [6, 6.07) is 33.6. The molecule has 8 nitrogen and oxygen atoms in total. The van der Waals surface area contributed by atoms with Crippen LogP contribution in [0.4, 0.5) is 22.7 Å². The predicted molar refractivity (Wildman–Crippen MR) is 193 cm³/mol. The molecule has 2 aromatic heterocycles. The first-order valence-electron chi connectivity index (χ1n) is 15.3.